The summed E-state index contributed by atoms with van der Waals surface area (Å²) in [6, 6.07) is 24.1. The third-order valence-corrected chi connectivity index (χ3v) is 6.23. The van der Waals surface area contributed by atoms with Crippen molar-refractivity contribution in [3.63, 3.8) is 0 Å². The van der Waals surface area contributed by atoms with Crippen LogP contribution in [0.25, 0.3) is 41.7 Å². The number of thiophene rings is 1. The Hall–Kier alpha value is -1.90. The summed E-state index contributed by atoms with van der Waals surface area (Å²) in [5, 5.41) is 8.00. The second-order valence-corrected chi connectivity index (χ2v) is 7.45. The molecule has 104 valence electrons. The molecule has 0 nitrogen and oxygen atoms in total. The van der Waals surface area contributed by atoms with Crippen LogP contribution in [-0.4, -0.2) is 0 Å². The Morgan fingerprint density at radius 2 is 1.41 bits per heavy atom. The van der Waals surface area contributed by atoms with Crippen LogP contribution in [0.5, 0.6) is 0 Å². The lowest BCUT2D eigenvalue weighted by Crippen LogP contribution is -1.79. The lowest BCUT2D eigenvalue weighted by Gasteiger charge is -2.06. The molecule has 1 aromatic heterocycles. The average molecular weight is 363 g/mol. The lowest BCUT2D eigenvalue weighted by molar-refractivity contribution is 1.75. The SMILES string of the molecule is Brc1cccc2c1ccc1ccc3c4ccccc4sc3c12. The Bertz CT molecular complexity index is 1180. The van der Waals surface area contributed by atoms with Crippen molar-refractivity contribution >= 4 is 69.0 Å². The van der Waals surface area contributed by atoms with Crippen LogP contribution < -0.4 is 0 Å². The molecule has 5 rings (SSSR count). The highest BCUT2D eigenvalue weighted by Crippen LogP contribution is 2.41. The molecule has 4 aromatic carbocycles. The summed E-state index contributed by atoms with van der Waals surface area (Å²) in [6.07, 6.45) is 0. The number of hydrogen-bond donors (Lipinski definition) is 0. The number of rotatable bonds is 0. The highest BCUT2D eigenvalue weighted by atomic mass is 79.9. The van der Waals surface area contributed by atoms with E-state index in [1.807, 2.05) is 11.3 Å². The molecule has 0 aliphatic carbocycles. The molecule has 22 heavy (non-hydrogen) atoms. The van der Waals surface area contributed by atoms with Gasteiger partial charge in [0.2, 0.25) is 0 Å². The van der Waals surface area contributed by atoms with Crippen molar-refractivity contribution in [1.29, 1.82) is 0 Å². The fourth-order valence-electron chi connectivity index (χ4n) is 3.32. The van der Waals surface area contributed by atoms with Crippen LogP contribution in [0, 0.1) is 0 Å². The van der Waals surface area contributed by atoms with Gasteiger partial charge in [0.15, 0.2) is 0 Å². The van der Waals surface area contributed by atoms with E-state index in [1.54, 1.807) is 0 Å². The molecule has 0 aliphatic heterocycles. The van der Waals surface area contributed by atoms with Crippen molar-refractivity contribution in [2.75, 3.05) is 0 Å². The third kappa shape index (κ3) is 1.62. The number of fused-ring (bicyclic) bond motifs is 7. The van der Waals surface area contributed by atoms with Crippen molar-refractivity contribution in [3.05, 3.63) is 71.2 Å². The van der Waals surface area contributed by atoms with Crippen LogP contribution >= 0.6 is 27.3 Å². The molecule has 0 N–H and O–H groups in total. The molecule has 0 aliphatic rings. The highest BCUT2D eigenvalue weighted by Gasteiger charge is 2.11. The highest BCUT2D eigenvalue weighted by molar-refractivity contribution is 9.10. The topological polar surface area (TPSA) is 0 Å². The number of benzene rings is 4. The maximum atomic E-state index is 3.68. The van der Waals surface area contributed by atoms with Crippen molar-refractivity contribution in [3.8, 4) is 0 Å². The first-order valence-corrected chi connectivity index (χ1v) is 8.85. The summed E-state index contributed by atoms with van der Waals surface area (Å²) >= 11 is 5.58. The minimum Gasteiger partial charge on any atom is -0.135 e. The Kier molecular flexibility index (Phi) is 2.61. The number of halogens is 1. The zero-order valence-corrected chi connectivity index (χ0v) is 14.0. The Morgan fingerprint density at radius 1 is 0.636 bits per heavy atom. The fraction of sp³-hybridized carbons (Fsp3) is 0. The molecule has 0 radical (unpaired) electrons. The monoisotopic (exact) mass is 362 g/mol. The van der Waals surface area contributed by atoms with E-state index in [0.717, 1.165) is 4.47 Å². The van der Waals surface area contributed by atoms with Gasteiger partial charge < -0.3 is 0 Å². The van der Waals surface area contributed by atoms with E-state index in [-0.39, 0.29) is 0 Å². The molecule has 0 bridgehead atoms. The van der Waals surface area contributed by atoms with Crippen molar-refractivity contribution in [1.82, 2.24) is 0 Å². The van der Waals surface area contributed by atoms with Gasteiger partial charge in [0, 0.05) is 30.0 Å². The summed E-state index contributed by atoms with van der Waals surface area (Å²) in [5.41, 5.74) is 0. The van der Waals surface area contributed by atoms with E-state index >= 15 is 0 Å². The molecule has 0 fully saturated rings. The second-order valence-electron chi connectivity index (χ2n) is 5.54. The summed E-state index contributed by atoms with van der Waals surface area (Å²) in [7, 11) is 0. The molecule has 0 saturated carbocycles. The molecular formula is C20H11BrS. The minimum atomic E-state index is 1.16. The van der Waals surface area contributed by atoms with Gasteiger partial charge in [-0.05, 0) is 28.3 Å². The largest absolute Gasteiger partial charge is 0.135 e. The second kappa shape index (κ2) is 4.55. The van der Waals surface area contributed by atoms with Gasteiger partial charge in [0.1, 0.15) is 0 Å². The van der Waals surface area contributed by atoms with Gasteiger partial charge in [-0.25, -0.2) is 0 Å². The van der Waals surface area contributed by atoms with Crippen LogP contribution in [0.1, 0.15) is 0 Å². The molecule has 0 saturated heterocycles. The molecule has 5 aromatic rings. The minimum absolute atomic E-state index is 1.16. The summed E-state index contributed by atoms with van der Waals surface area (Å²) in [6.45, 7) is 0. The van der Waals surface area contributed by atoms with Crippen LogP contribution in [0.3, 0.4) is 0 Å². The van der Waals surface area contributed by atoms with Gasteiger partial charge in [0.25, 0.3) is 0 Å². The Morgan fingerprint density at radius 3 is 2.32 bits per heavy atom. The lowest BCUT2D eigenvalue weighted by atomic mass is 10.00. The fourth-order valence-corrected chi connectivity index (χ4v) is 5.09. The van der Waals surface area contributed by atoms with Gasteiger partial charge in [-0.3, -0.25) is 0 Å². The predicted octanol–water partition coefficient (Wildman–Crippen LogP) is 7.12. The van der Waals surface area contributed by atoms with Crippen LogP contribution in [-0.2, 0) is 0 Å². The normalized spacial score (nSPS) is 11.9. The molecule has 0 amide bonds. The molecule has 0 spiro atoms. The van der Waals surface area contributed by atoms with E-state index in [2.05, 4.69) is 82.7 Å². The van der Waals surface area contributed by atoms with Crippen LogP contribution in [0.4, 0.5) is 0 Å². The first-order valence-electron chi connectivity index (χ1n) is 7.24. The van der Waals surface area contributed by atoms with Crippen molar-refractivity contribution in [2.24, 2.45) is 0 Å². The van der Waals surface area contributed by atoms with Gasteiger partial charge in [-0.15, -0.1) is 11.3 Å². The quantitative estimate of drug-likeness (QED) is 0.257. The van der Waals surface area contributed by atoms with Gasteiger partial charge in [0.05, 0.1) is 0 Å². The molecule has 0 unspecified atom stereocenters. The van der Waals surface area contributed by atoms with Crippen molar-refractivity contribution in [2.45, 2.75) is 0 Å². The van der Waals surface area contributed by atoms with E-state index in [0.29, 0.717) is 0 Å². The summed E-state index contributed by atoms with van der Waals surface area (Å²) in [5.74, 6) is 0. The van der Waals surface area contributed by atoms with E-state index in [4.69, 9.17) is 0 Å². The molecule has 0 atom stereocenters. The summed E-state index contributed by atoms with van der Waals surface area (Å²) in [4.78, 5) is 0. The Labute approximate surface area is 140 Å². The summed E-state index contributed by atoms with van der Waals surface area (Å²) < 4.78 is 3.91. The zero-order valence-electron chi connectivity index (χ0n) is 11.6. The standard InChI is InChI=1S/C20H11BrS/c21-17-6-3-5-15-13(17)10-8-12-9-11-16-14-4-1-2-7-18(14)22-20(16)19(12)15/h1-11H. The average Bonchev–Trinajstić information content (AvgIpc) is 2.93. The van der Waals surface area contributed by atoms with Gasteiger partial charge in [-0.1, -0.05) is 70.5 Å². The maximum Gasteiger partial charge on any atom is 0.0440 e. The van der Waals surface area contributed by atoms with Crippen LogP contribution in [0.2, 0.25) is 0 Å². The van der Waals surface area contributed by atoms with Gasteiger partial charge >= 0.3 is 0 Å². The third-order valence-electron chi connectivity index (χ3n) is 4.33. The number of hydrogen-bond acceptors (Lipinski definition) is 1. The smallest absolute Gasteiger partial charge is 0.0440 e. The van der Waals surface area contributed by atoms with E-state index in [1.165, 1.54) is 41.7 Å². The van der Waals surface area contributed by atoms with E-state index < -0.39 is 0 Å². The first-order chi connectivity index (χ1) is 10.8. The zero-order chi connectivity index (χ0) is 14.7. The van der Waals surface area contributed by atoms with Gasteiger partial charge in [-0.2, -0.15) is 0 Å². The molecule has 2 heteroatoms. The molecular weight excluding hydrogens is 352 g/mol. The maximum absolute atomic E-state index is 3.68. The van der Waals surface area contributed by atoms with E-state index in [9.17, 15) is 0 Å². The molecule has 1 heterocycles. The first kappa shape index (κ1) is 12.6. The van der Waals surface area contributed by atoms with Crippen molar-refractivity contribution < 1.29 is 0 Å². The van der Waals surface area contributed by atoms with Crippen LogP contribution in [0.15, 0.2) is 71.2 Å². The Balaban J connectivity index is 2.13. The predicted molar refractivity (Wildman–Crippen MR) is 102 cm³/mol.